The molecular weight excluding hydrogens is 250 g/mol. The zero-order chi connectivity index (χ0) is 14.6. The molecular formula is C17H27NO2. The lowest BCUT2D eigenvalue weighted by molar-refractivity contribution is -0.0836. The summed E-state index contributed by atoms with van der Waals surface area (Å²) in [4.78, 5) is 0. The van der Waals surface area contributed by atoms with Gasteiger partial charge >= 0.3 is 0 Å². The molecule has 3 heteroatoms. The summed E-state index contributed by atoms with van der Waals surface area (Å²) in [6.45, 7) is 5.17. The number of benzene rings is 1. The Balaban J connectivity index is 2.08. The van der Waals surface area contributed by atoms with Crippen LogP contribution >= 0.6 is 0 Å². The van der Waals surface area contributed by atoms with Crippen molar-refractivity contribution in [1.82, 2.24) is 5.32 Å². The molecule has 0 amide bonds. The van der Waals surface area contributed by atoms with Gasteiger partial charge in [-0.1, -0.05) is 26.0 Å². The minimum atomic E-state index is 0.270. The monoisotopic (exact) mass is 277 g/mol. The quantitative estimate of drug-likeness (QED) is 0.829. The fraction of sp³-hybridized carbons (Fsp3) is 0.647. The lowest BCUT2D eigenvalue weighted by Crippen LogP contribution is -2.63. The minimum absolute atomic E-state index is 0.270. The number of rotatable bonds is 7. The van der Waals surface area contributed by atoms with Gasteiger partial charge in [0.1, 0.15) is 11.9 Å². The average molecular weight is 277 g/mol. The van der Waals surface area contributed by atoms with Gasteiger partial charge in [-0.25, -0.2) is 0 Å². The van der Waals surface area contributed by atoms with E-state index in [-0.39, 0.29) is 5.41 Å². The molecule has 0 aliphatic heterocycles. The standard InChI is InChI=1S/C17H27NO2/c1-5-17(6-2)15(18-3)11-16(17)20-14-9-7-8-13(10-14)12-19-4/h7-10,15-16,18H,5-6,11-12H2,1-4H3. The highest BCUT2D eigenvalue weighted by Crippen LogP contribution is 2.48. The molecule has 2 atom stereocenters. The van der Waals surface area contributed by atoms with Crippen LogP contribution in [0.1, 0.15) is 38.7 Å². The third kappa shape index (κ3) is 2.70. The van der Waals surface area contributed by atoms with Crippen molar-refractivity contribution in [2.45, 2.75) is 51.9 Å². The Labute approximate surface area is 122 Å². The van der Waals surface area contributed by atoms with E-state index < -0.39 is 0 Å². The molecule has 0 heterocycles. The molecule has 2 rings (SSSR count). The van der Waals surface area contributed by atoms with Crippen LogP contribution in [-0.4, -0.2) is 26.3 Å². The second-order valence-electron chi connectivity index (χ2n) is 5.70. The molecule has 1 fully saturated rings. The van der Waals surface area contributed by atoms with Gasteiger partial charge in [-0.15, -0.1) is 0 Å². The molecule has 1 N–H and O–H groups in total. The van der Waals surface area contributed by atoms with E-state index in [0.717, 1.165) is 30.6 Å². The lowest BCUT2D eigenvalue weighted by atomic mass is 9.58. The normalized spacial score (nSPS) is 24.2. The smallest absolute Gasteiger partial charge is 0.120 e. The van der Waals surface area contributed by atoms with Crippen molar-refractivity contribution in [2.24, 2.45) is 5.41 Å². The van der Waals surface area contributed by atoms with Crippen molar-refractivity contribution in [3.8, 4) is 5.75 Å². The zero-order valence-corrected chi connectivity index (χ0v) is 13.1. The molecule has 1 aliphatic carbocycles. The molecule has 0 saturated heterocycles. The number of ether oxygens (including phenoxy) is 2. The van der Waals surface area contributed by atoms with Gasteiger partial charge in [0.25, 0.3) is 0 Å². The largest absolute Gasteiger partial charge is 0.490 e. The third-order valence-electron chi connectivity index (χ3n) is 4.94. The lowest BCUT2D eigenvalue weighted by Gasteiger charge is -2.55. The first-order valence-electron chi connectivity index (χ1n) is 7.62. The molecule has 1 saturated carbocycles. The van der Waals surface area contributed by atoms with Gasteiger partial charge in [0.05, 0.1) is 6.61 Å². The van der Waals surface area contributed by atoms with Gasteiger partial charge in [-0.3, -0.25) is 0 Å². The van der Waals surface area contributed by atoms with Crippen LogP contribution in [0, 0.1) is 5.41 Å². The van der Waals surface area contributed by atoms with E-state index in [1.807, 2.05) is 12.1 Å². The molecule has 0 radical (unpaired) electrons. The predicted octanol–water partition coefficient (Wildman–Crippen LogP) is 3.38. The number of hydrogen-bond donors (Lipinski definition) is 1. The molecule has 112 valence electrons. The van der Waals surface area contributed by atoms with E-state index in [9.17, 15) is 0 Å². The highest BCUT2D eigenvalue weighted by molar-refractivity contribution is 5.29. The summed E-state index contributed by atoms with van der Waals surface area (Å²) in [7, 11) is 3.77. The maximum atomic E-state index is 6.27. The summed E-state index contributed by atoms with van der Waals surface area (Å²) in [5.41, 5.74) is 1.43. The van der Waals surface area contributed by atoms with Gasteiger partial charge in [0.2, 0.25) is 0 Å². The average Bonchev–Trinajstić information content (AvgIpc) is 2.45. The van der Waals surface area contributed by atoms with Crippen LogP contribution in [0.2, 0.25) is 0 Å². The summed E-state index contributed by atoms with van der Waals surface area (Å²) in [5, 5.41) is 3.44. The summed E-state index contributed by atoms with van der Waals surface area (Å²) in [6.07, 6.45) is 3.70. The van der Waals surface area contributed by atoms with Crippen molar-refractivity contribution >= 4 is 0 Å². The summed E-state index contributed by atoms with van der Waals surface area (Å²) in [5.74, 6) is 0.963. The molecule has 1 aliphatic rings. The third-order valence-corrected chi connectivity index (χ3v) is 4.94. The van der Waals surface area contributed by atoms with Crippen LogP contribution in [0.25, 0.3) is 0 Å². The number of methoxy groups -OCH3 is 1. The Bertz CT molecular complexity index is 429. The molecule has 0 aromatic heterocycles. The fourth-order valence-corrected chi connectivity index (χ4v) is 3.56. The van der Waals surface area contributed by atoms with Gasteiger partial charge in [-0.05, 0) is 37.6 Å². The Morgan fingerprint density at radius 3 is 2.65 bits per heavy atom. The second kappa shape index (κ2) is 6.59. The van der Waals surface area contributed by atoms with E-state index in [1.54, 1.807) is 7.11 Å². The van der Waals surface area contributed by atoms with Gasteiger partial charge in [0.15, 0.2) is 0 Å². The number of hydrogen-bond acceptors (Lipinski definition) is 3. The zero-order valence-electron chi connectivity index (χ0n) is 13.1. The first-order valence-corrected chi connectivity index (χ1v) is 7.62. The van der Waals surface area contributed by atoms with Gasteiger partial charge in [0, 0.05) is 25.0 Å². The summed E-state index contributed by atoms with van der Waals surface area (Å²) in [6, 6.07) is 8.82. The van der Waals surface area contributed by atoms with Gasteiger partial charge in [-0.2, -0.15) is 0 Å². The fourth-order valence-electron chi connectivity index (χ4n) is 3.56. The second-order valence-corrected chi connectivity index (χ2v) is 5.70. The molecule has 20 heavy (non-hydrogen) atoms. The Kier molecular flexibility index (Phi) is 5.06. The molecule has 1 aromatic carbocycles. The van der Waals surface area contributed by atoms with Crippen LogP contribution in [0.5, 0.6) is 5.75 Å². The van der Waals surface area contributed by atoms with Crippen LogP contribution < -0.4 is 10.1 Å². The van der Waals surface area contributed by atoms with Crippen molar-refractivity contribution in [3.63, 3.8) is 0 Å². The molecule has 0 spiro atoms. The van der Waals surface area contributed by atoms with Crippen LogP contribution in [0.3, 0.4) is 0 Å². The van der Waals surface area contributed by atoms with E-state index in [1.165, 1.54) is 0 Å². The van der Waals surface area contributed by atoms with E-state index >= 15 is 0 Å². The van der Waals surface area contributed by atoms with Crippen LogP contribution in [-0.2, 0) is 11.3 Å². The SMILES string of the molecule is CCC1(CC)C(NC)CC1Oc1cccc(COC)c1. The highest BCUT2D eigenvalue weighted by atomic mass is 16.5. The van der Waals surface area contributed by atoms with E-state index in [4.69, 9.17) is 9.47 Å². The Hall–Kier alpha value is -1.06. The first kappa shape index (κ1) is 15.3. The van der Waals surface area contributed by atoms with Crippen molar-refractivity contribution in [2.75, 3.05) is 14.2 Å². The molecule has 1 aromatic rings. The Morgan fingerprint density at radius 1 is 1.30 bits per heavy atom. The van der Waals surface area contributed by atoms with E-state index in [0.29, 0.717) is 18.8 Å². The molecule has 0 bridgehead atoms. The Morgan fingerprint density at radius 2 is 2.05 bits per heavy atom. The minimum Gasteiger partial charge on any atom is -0.490 e. The topological polar surface area (TPSA) is 30.5 Å². The van der Waals surface area contributed by atoms with E-state index in [2.05, 4.69) is 38.3 Å². The van der Waals surface area contributed by atoms with Crippen molar-refractivity contribution in [1.29, 1.82) is 0 Å². The summed E-state index contributed by atoms with van der Waals surface area (Å²) >= 11 is 0. The molecule has 3 nitrogen and oxygen atoms in total. The van der Waals surface area contributed by atoms with Crippen LogP contribution in [0.15, 0.2) is 24.3 Å². The maximum Gasteiger partial charge on any atom is 0.120 e. The molecule has 2 unspecified atom stereocenters. The first-order chi connectivity index (χ1) is 9.70. The van der Waals surface area contributed by atoms with Crippen molar-refractivity contribution < 1.29 is 9.47 Å². The highest BCUT2D eigenvalue weighted by Gasteiger charge is 2.53. The number of nitrogens with one attached hydrogen (secondary N) is 1. The van der Waals surface area contributed by atoms with Gasteiger partial charge < -0.3 is 14.8 Å². The maximum absolute atomic E-state index is 6.27. The predicted molar refractivity (Wildman–Crippen MR) is 82.1 cm³/mol. The van der Waals surface area contributed by atoms with Crippen LogP contribution in [0.4, 0.5) is 0 Å². The summed E-state index contributed by atoms with van der Waals surface area (Å²) < 4.78 is 11.5. The van der Waals surface area contributed by atoms with Crippen molar-refractivity contribution in [3.05, 3.63) is 29.8 Å².